The molecule has 0 unspecified atom stereocenters. The molecular formula is C14H15N5O3. The molecule has 0 spiro atoms. The Morgan fingerprint density at radius 1 is 1.36 bits per heavy atom. The summed E-state index contributed by atoms with van der Waals surface area (Å²) in [7, 11) is 0. The van der Waals surface area contributed by atoms with Gasteiger partial charge in [0, 0.05) is 49.4 Å². The molecule has 0 bridgehead atoms. The van der Waals surface area contributed by atoms with Gasteiger partial charge in [-0.3, -0.25) is 20.0 Å². The highest BCUT2D eigenvalue weighted by Crippen LogP contribution is 2.16. The van der Waals surface area contributed by atoms with Crippen molar-refractivity contribution in [2.75, 3.05) is 6.54 Å². The minimum Gasteiger partial charge on any atom is -0.347 e. The quantitative estimate of drug-likeness (QED) is 0.573. The van der Waals surface area contributed by atoms with Crippen molar-refractivity contribution in [1.82, 2.24) is 20.8 Å². The van der Waals surface area contributed by atoms with Gasteiger partial charge in [-0.2, -0.15) is 5.10 Å². The second-order valence-corrected chi connectivity index (χ2v) is 5.06. The van der Waals surface area contributed by atoms with Crippen molar-refractivity contribution in [3.8, 4) is 0 Å². The number of nitrogens with one attached hydrogen (secondary N) is 3. The summed E-state index contributed by atoms with van der Waals surface area (Å²) in [6.45, 7) is 1.80. The first-order valence-corrected chi connectivity index (χ1v) is 6.93. The Morgan fingerprint density at radius 3 is 2.86 bits per heavy atom. The van der Waals surface area contributed by atoms with E-state index in [4.69, 9.17) is 0 Å². The Balaban J connectivity index is 1.65. The van der Waals surface area contributed by atoms with Crippen LogP contribution in [0.3, 0.4) is 0 Å². The number of aromatic amines is 1. The van der Waals surface area contributed by atoms with Gasteiger partial charge >= 0.3 is 0 Å². The molecule has 1 aromatic carbocycles. The smallest absolute Gasteiger partial charge is 0.272 e. The number of nitro groups is 1. The van der Waals surface area contributed by atoms with Crippen molar-refractivity contribution < 1.29 is 9.72 Å². The number of amides is 1. The molecule has 1 aliphatic heterocycles. The number of nitro benzene ring substituents is 1. The number of carbonyl (C=O) groups is 1. The number of non-ortho nitro benzene ring substituents is 1. The molecule has 3 rings (SSSR count). The monoisotopic (exact) mass is 301 g/mol. The molecule has 0 saturated carbocycles. The molecule has 1 amide bonds. The standard InChI is InChI=1S/C14H15N5O3/c20-14(13-11-8-15-6-5-12(11)17-18-13)16-7-9-1-3-10(4-2-9)19(21)22/h1-4,15H,5-8H2,(H,16,20)(H,17,18). The fraction of sp³-hybridized carbons (Fsp3) is 0.286. The Bertz CT molecular complexity index is 708. The topological polar surface area (TPSA) is 113 Å². The second-order valence-electron chi connectivity index (χ2n) is 5.06. The highest BCUT2D eigenvalue weighted by atomic mass is 16.6. The van der Waals surface area contributed by atoms with Crippen LogP contribution in [0, 0.1) is 10.1 Å². The van der Waals surface area contributed by atoms with E-state index in [9.17, 15) is 14.9 Å². The lowest BCUT2D eigenvalue weighted by Gasteiger charge is -2.12. The lowest BCUT2D eigenvalue weighted by atomic mass is 10.1. The van der Waals surface area contributed by atoms with E-state index in [0.29, 0.717) is 18.8 Å². The maximum atomic E-state index is 12.2. The van der Waals surface area contributed by atoms with Crippen LogP contribution in [0.4, 0.5) is 5.69 Å². The molecule has 114 valence electrons. The van der Waals surface area contributed by atoms with Crippen LogP contribution >= 0.6 is 0 Å². The molecule has 1 aliphatic rings. The number of hydrogen-bond donors (Lipinski definition) is 3. The van der Waals surface area contributed by atoms with Gasteiger partial charge in [-0.15, -0.1) is 0 Å². The van der Waals surface area contributed by atoms with E-state index < -0.39 is 4.92 Å². The van der Waals surface area contributed by atoms with Gasteiger partial charge in [0.15, 0.2) is 5.69 Å². The summed E-state index contributed by atoms with van der Waals surface area (Å²) in [6, 6.07) is 6.09. The third-order valence-corrected chi connectivity index (χ3v) is 3.62. The summed E-state index contributed by atoms with van der Waals surface area (Å²) >= 11 is 0. The van der Waals surface area contributed by atoms with Gasteiger partial charge < -0.3 is 10.6 Å². The predicted octanol–water partition coefficient (Wildman–Crippen LogP) is 0.894. The van der Waals surface area contributed by atoms with E-state index in [1.165, 1.54) is 12.1 Å². The predicted molar refractivity (Wildman–Crippen MR) is 78.3 cm³/mol. The van der Waals surface area contributed by atoms with E-state index >= 15 is 0 Å². The van der Waals surface area contributed by atoms with Crippen molar-refractivity contribution in [2.45, 2.75) is 19.5 Å². The summed E-state index contributed by atoms with van der Waals surface area (Å²) in [4.78, 5) is 22.3. The molecule has 1 aromatic heterocycles. The first-order valence-electron chi connectivity index (χ1n) is 6.93. The highest BCUT2D eigenvalue weighted by molar-refractivity contribution is 5.94. The number of aromatic nitrogens is 2. The second kappa shape index (κ2) is 5.94. The molecule has 0 aliphatic carbocycles. The fourth-order valence-corrected chi connectivity index (χ4v) is 2.41. The zero-order valence-corrected chi connectivity index (χ0v) is 11.8. The van der Waals surface area contributed by atoms with Crippen LogP contribution in [-0.2, 0) is 19.5 Å². The van der Waals surface area contributed by atoms with Crippen LogP contribution < -0.4 is 10.6 Å². The van der Waals surface area contributed by atoms with E-state index in [0.717, 1.165) is 29.8 Å². The average Bonchev–Trinajstić information content (AvgIpc) is 2.97. The number of rotatable bonds is 4. The number of benzene rings is 1. The van der Waals surface area contributed by atoms with Crippen molar-refractivity contribution >= 4 is 11.6 Å². The van der Waals surface area contributed by atoms with Crippen LogP contribution in [-0.4, -0.2) is 27.6 Å². The van der Waals surface area contributed by atoms with E-state index in [1.54, 1.807) is 12.1 Å². The first kappa shape index (κ1) is 14.2. The lowest BCUT2D eigenvalue weighted by molar-refractivity contribution is -0.384. The Kier molecular flexibility index (Phi) is 3.84. The van der Waals surface area contributed by atoms with Crippen molar-refractivity contribution in [1.29, 1.82) is 0 Å². The molecule has 0 atom stereocenters. The van der Waals surface area contributed by atoms with E-state index in [1.807, 2.05) is 0 Å². The van der Waals surface area contributed by atoms with Gasteiger partial charge in [-0.05, 0) is 5.56 Å². The van der Waals surface area contributed by atoms with Crippen LogP contribution in [0.1, 0.15) is 27.3 Å². The highest BCUT2D eigenvalue weighted by Gasteiger charge is 2.21. The SMILES string of the molecule is O=C(NCc1ccc([N+](=O)[O-])cc1)c1n[nH]c2c1CNCC2. The van der Waals surface area contributed by atoms with Gasteiger partial charge in [0.1, 0.15) is 0 Å². The number of carbonyl (C=O) groups excluding carboxylic acids is 1. The zero-order chi connectivity index (χ0) is 15.5. The molecule has 8 nitrogen and oxygen atoms in total. The number of hydrogen-bond acceptors (Lipinski definition) is 5. The molecule has 22 heavy (non-hydrogen) atoms. The lowest BCUT2D eigenvalue weighted by Crippen LogP contribution is -2.28. The summed E-state index contributed by atoms with van der Waals surface area (Å²) in [5.74, 6) is -0.250. The van der Waals surface area contributed by atoms with Gasteiger partial charge in [-0.1, -0.05) is 12.1 Å². The van der Waals surface area contributed by atoms with Crippen LogP contribution in [0.2, 0.25) is 0 Å². The third kappa shape index (κ3) is 2.82. The molecule has 2 aromatic rings. The first-order chi connectivity index (χ1) is 10.6. The van der Waals surface area contributed by atoms with Crippen LogP contribution in [0.15, 0.2) is 24.3 Å². The fourth-order valence-electron chi connectivity index (χ4n) is 2.41. The minimum absolute atomic E-state index is 0.0301. The largest absolute Gasteiger partial charge is 0.347 e. The average molecular weight is 301 g/mol. The van der Waals surface area contributed by atoms with Crippen molar-refractivity contribution in [3.05, 3.63) is 56.9 Å². The van der Waals surface area contributed by atoms with Crippen LogP contribution in [0.5, 0.6) is 0 Å². The maximum Gasteiger partial charge on any atom is 0.272 e. The summed E-state index contributed by atoms with van der Waals surface area (Å²) < 4.78 is 0. The third-order valence-electron chi connectivity index (χ3n) is 3.62. The molecule has 2 heterocycles. The van der Waals surface area contributed by atoms with Gasteiger partial charge in [0.2, 0.25) is 0 Å². The molecule has 8 heteroatoms. The zero-order valence-electron chi connectivity index (χ0n) is 11.8. The number of fused-ring (bicyclic) bond motifs is 1. The molecule has 3 N–H and O–H groups in total. The Hall–Kier alpha value is -2.74. The van der Waals surface area contributed by atoms with E-state index in [-0.39, 0.29) is 11.6 Å². The van der Waals surface area contributed by atoms with Gasteiger partial charge in [-0.25, -0.2) is 0 Å². The number of nitrogens with zero attached hydrogens (tertiary/aromatic N) is 2. The normalized spacial score (nSPS) is 13.5. The Morgan fingerprint density at radius 2 is 2.14 bits per heavy atom. The van der Waals surface area contributed by atoms with E-state index in [2.05, 4.69) is 20.8 Å². The maximum absolute atomic E-state index is 12.2. The van der Waals surface area contributed by atoms with Crippen LogP contribution in [0.25, 0.3) is 0 Å². The number of H-pyrrole nitrogens is 1. The van der Waals surface area contributed by atoms with Crippen molar-refractivity contribution in [2.24, 2.45) is 0 Å². The van der Waals surface area contributed by atoms with Crippen molar-refractivity contribution in [3.63, 3.8) is 0 Å². The molecule has 0 fully saturated rings. The minimum atomic E-state index is -0.453. The summed E-state index contributed by atoms with van der Waals surface area (Å²) in [5.41, 5.74) is 3.14. The summed E-state index contributed by atoms with van der Waals surface area (Å²) in [5, 5.41) is 23.6. The van der Waals surface area contributed by atoms with Gasteiger partial charge in [0.05, 0.1) is 4.92 Å². The Labute approximate surface area is 126 Å². The van der Waals surface area contributed by atoms with Gasteiger partial charge in [0.25, 0.3) is 11.6 Å². The molecule has 0 saturated heterocycles. The summed E-state index contributed by atoms with van der Waals surface area (Å²) in [6.07, 6.45) is 0.831. The molecular weight excluding hydrogens is 286 g/mol. The molecule has 0 radical (unpaired) electrons.